The van der Waals surface area contributed by atoms with Crippen LogP contribution < -0.4 is 4.74 Å². The van der Waals surface area contributed by atoms with Crippen molar-refractivity contribution < 1.29 is 14.6 Å². The van der Waals surface area contributed by atoms with Gasteiger partial charge in [0.1, 0.15) is 5.75 Å². The van der Waals surface area contributed by atoms with Gasteiger partial charge in [-0.25, -0.2) is 4.79 Å². The van der Waals surface area contributed by atoms with Crippen molar-refractivity contribution in [1.29, 1.82) is 0 Å². The highest BCUT2D eigenvalue weighted by Crippen LogP contribution is 2.30. The van der Waals surface area contributed by atoms with Crippen LogP contribution in [-0.2, 0) is 4.79 Å². The van der Waals surface area contributed by atoms with E-state index < -0.39 is 11.7 Å². The van der Waals surface area contributed by atoms with Gasteiger partial charge in [-0.3, -0.25) is 0 Å². The molecule has 0 spiro atoms. The Hall–Kier alpha value is -3.33. The van der Waals surface area contributed by atoms with Crippen molar-refractivity contribution in [3.63, 3.8) is 0 Å². The van der Waals surface area contributed by atoms with Gasteiger partial charge in [0.05, 0.1) is 0 Å². The molecule has 0 aromatic heterocycles. The SMILES string of the molecule is O=C(Oc1ccccc1-c1ccccc1)C(O)=Cc1ccccc1. The molecule has 0 aliphatic carbocycles. The molecule has 3 nitrogen and oxygen atoms in total. The molecular weight excluding hydrogens is 300 g/mol. The minimum Gasteiger partial charge on any atom is -0.502 e. The minimum absolute atomic E-state index is 0.404. The number of rotatable bonds is 4. The standard InChI is InChI=1S/C21H16O3/c22-19(15-16-9-3-1-4-10-16)21(23)24-20-14-8-7-13-18(20)17-11-5-2-6-12-17/h1-15,22H. The Balaban J connectivity index is 1.84. The molecule has 0 saturated carbocycles. The van der Waals surface area contributed by atoms with E-state index in [-0.39, 0.29) is 0 Å². The van der Waals surface area contributed by atoms with E-state index in [2.05, 4.69) is 0 Å². The third kappa shape index (κ3) is 3.70. The summed E-state index contributed by atoms with van der Waals surface area (Å²) in [4.78, 5) is 12.2. The Morgan fingerprint density at radius 2 is 1.38 bits per heavy atom. The Labute approximate surface area is 140 Å². The first-order chi connectivity index (χ1) is 11.7. The molecule has 1 N–H and O–H groups in total. The molecule has 24 heavy (non-hydrogen) atoms. The summed E-state index contributed by atoms with van der Waals surface area (Å²) in [6, 6.07) is 26.0. The molecule has 0 aliphatic heterocycles. The van der Waals surface area contributed by atoms with Gasteiger partial charge in [-0.15, -0.1) is 0 Å². The van der Waals surface area contributed by atoms with Crippen LogP contribution in [0.2, 0.25) is 0 Å². The van der Waals surface area contributed by atoms with Crippen LogP contribution in [-0.4, -0.2) is 11.1 Å². The average Bonchev–Trinajstić information content (AvgIpc) is 2.63. The van der Waals surface area contributed by atoms with Gasteiger partial charge in [0.15, 0.2) is 0 Å². The molecule has 0 radical (unpaired) electrons. The topological polar surface area (TPSA) is 46.5 Å². The van der Waals surface area contributed by atoms with Crippen molar-refractivity contribution >= 4 is 12.0 Å². The van der Waals surface area contributed by atoms with E-state index in [0.29, 0.717) is 5.75 Å². The molecule has 3 aromatic carbocycles. The third-order valence-corrected chi connectivity index (χ3v) is 3.49. The zero-order valence-corrected chi connectivity index (χ0v) is 12.9. The highest BCUT2D eigenvalue weighted by atomic mass is 16.5. The lowest BCUT2D eigenvalue weighted by Gasteiger charge is -2.10. The van der Waals surface area contributed by atoms with E-state index >= 15 is 0 Å². The van der Waals surface area contributed by atoms with Crippen molar-refractivity contribution in [3.8, 4) is 16.9 Å². The van der Waals surface area contributed by atoms with Crippen molar-refractivity contribution in [2.75, 3.05) is 0 Å². The predicted octanol–water partition coefficient (Wildman–Crippen LogP) is 4.86. The first kappa shape index (κ1) is 15.6. The maximum Gasteiger partial charge on any atom is 0.378 e. The van der Waals surface area contributed by atoms with Crippen LogP contribution >= 0.6 is 0 Å². The van der Waals surface area contributed by atoms with Gasteiger partial charge in [-0.2, -0.15) is 0 Å². The van der Waals surface area contributed by atoms with E-state index in [0.717, 1.165) is 16.7 Å². The lowest BCUT2D eigenvalue weighted by atomic mass is 10.1. The molecule has 0 aliphatic rings. The third-order valence-electron chi connectivity index (χ3n) is 3.49. The monoisotopic (exact) mass is 316 g/mol. The second kappa shape index (κ2) is 7.29. The fourth-order valence-electron chi connectivity index (χ4n) is 2.33. The molecule has 0 atom stereocenters. The first-order valence-corrected chi connectivity index (χ1v) is 7.56. The Morgan fingerprint density at radius 1 is 0.792 bits per heavy atom. The Bertz CT molecular complexity index is 853. The number of aliphatic hydroxyl groups is 1. The number of hydrogen-bond donors (Lipinski definition) is 1. The fraction of sp³-hybridized carbons (Fsp3) is 0. The van der Waals surface area contributed by atoms with Crippen LogP contribution in [0.3, 0.4) is 0 Å². The molecule has 0 amide bonds. The number of ether oxygens (including phenoxy) is 1. The number of para-hydroxylation sites is 1. The summed E-state index contributed by atoms with van der Waals surface area (Å²) >= 11 is 0. The van der Waals surface area contributed by atoms with Gasteiger partial charge < -0.3 is 9.84 Å². The fourth-order valence-corrected chi connectivity index (χ4v) is 2.33. The van der Waals surface area contributed by atoms with Crippen molar-refractivity contribution in [2.45, 2.75) is 0 Å². The van der Waals surface area contributed by atoms with Gasteiger partial charge in [0.2, 0.25) is 5.76 Å². The predicted molar refractivity (Wildman–Crippen MR) is 94.6 cm³/mol. The second-order valence-electron chi connectivity index (χ2n) is 5.19. The highest BCUT2D eigenvalue weighted by Gasteiger charge is 2.14. The van der Waals surface area contributed by atoms with Gasteiger partial charge >= 0.3 is 5.97 Å². The summed E-state index contributed by atoms with van der Waals surface area (Å²) in [7, 11) is 0. The summed E-state index contributed by atoms with van der Waals surface area (Å²) in [6.07, 6.45) is 1.38. The molecule has 3 rings (SSSR count). The van der Waals surface area contributed by atoms with Crippen LogP contribution in [0.15, 0.2) is 90.7 Å². The Morgan fingerprint density at radius 3 is 2.08 bits per heavy atom. The number of carbonyl (C=O) groups is 1. The van der Waals surface area contributed by atoms with E-state index in [1.165, 1.54) is 6.08 Å². The van der Waals surface area contributed by atoms with Gasteiger partial charge in [-0.1, -0.05) is 78.9 Å². The van der Waals surface area contributed by atoms with Crippen LogP contribution in [0.5, 0.6) is 5.75 Å². The van der Waals surface area contributed by atoms with Crippen molar-refractivity contribution in [3.05, 3.63) is 96.3 Å². The largest absolute Gasteiger partial charge is 0.502 e. The van der Waals surface area contributed by atoms with Gasteiger partial charge in [0.25, 0.3) is 0 Å². The number of benzene rings is 3. The second-order valence-corrected chi connectivity index (χ2v) is 5.19. The van der Waals surface area contributed by atoms with E-state index in [1.54, 1.807) is 24.3 Å². The summed E-state index contributed by atoms with van der Waals surface area (Å²) < 4.78 is 5.38. The van der Waals surface area contributed by atoms with Crippen molar-refractivity contribution in [2.24, 2.45) is 0 Å². The highest BCUT2D eigenvalue weighted by molar-refractivity contribution is 5.93. The van der Waals surface area contributed by atoms with Crippen LogP contribution in [0.25, 0.3) is 17.2 Å². The van der Waals surface area contributed by atoms with Crippen LogP contribution in [0.4, 0.5) is 0 Å². The first-order valence-electron chi connectivity index (χ1n) is 7.56. The summed E-state index contributed by atoms with van der Waals surface area (Å²) in [5.74, 6) is -0.826. The molecule has 0 heterocycles. The van der Waals surface area contributed by atoms with Crippen molar-refractivity contribution in [1.82, 2.24) is 0 Å². The van der Waals surface area contributed by atoms with Gasteiger partial charge in [-0.05, 0) is 23.3 Å². The quantitative estimate of drug-likeness (QED) is 0.324. The normalized spacial score (nSPS) is 11.1. The maximum atomic E-state index is 12.2. The molecule has 0 unspecified atom stereocenters. The smallest absolute Gasteiger partial charge is 0.378 e. The number of carbonyl (C=O) groups excluding carboxylic acids is 1. The molecule has 0 saturated heterocycles. The molecule has 0 fully saturated rings. The maximum absolute atomic E-state index is 12.2. The lowest BCUT2D eigenvalue weighted by Crippen LogP contribution is -2.11. The van der Waals surface area contributed by atoms with Crippen LogP contribution in [0, 0.1) is 0 Å². The van der Waals surface area contributed by atoms with E-state index in [4.69, 9.17) is 4.74 Å². The van der Waals surface area contributed by atoms with Gasteiger partial charge in [0, 0.05) is 5.56 Å². The summed E-state index contributed by atoms with van der Waals surface area (Å²) in [6.45, 7) is 0. The molecular formula is C21H16O3. The zero-order chi connectivity index (χ0) is 16.8. The number of hydrogen-bond acceptors (Lipinski definition) is 3. The minimum atomic E-state index is -0.790. The van der Waals surface area contributed by atoms with E-state index in [9.17, 15) is 9.90 Å². The molecule has 3 heteroatoms. The summed E-state index contributed by atoms with van der Waals surface area (Å²) in [5.41, 5.74) is 2.45. The Kier molecular flexibility index (Phi) is 4.73. The molecule has 118 valence electrons. The average molecular weight is 316 g/mol. The molecule has 0 bridgehead atoms. The number of aliphatic hydroxyl groups excluding tert-OH is 1. The van der Waals surface area contributed by atoms with Crippen LogP contribution in [0.1, 0.15) is 5.56 Å². The lowest BCUT2D eigenvalue weighted by molar-refractivity contribution is -0.132. The molecule has 3 aromatic rings. The summed E-state index contributed by atoms with van der Waals surface area (Å²) in [5, 5.41) is 9.98. The number of esters is 1. The zero-order valence-electron chi connectivity index (χ0n) is 12.9. The van der Waals surface area contributed by atoms with E-state index in [1.807, 2.05) is 60.7 Å².